The van der Waals surface area contributed by atoms with Crippen molar-refractivity contribution in [2.75, 3.05) is 33.2 Å². The van der Waals surface area contributed by atoms with Crippen molar-refractivity contribution in [3.63, 3.8) is 0 Å². The highest BCUT2D eigenvalue weighted by molar-refractivity contribution is 5.98. The highest BCUT2D eigenvalue weighted by Gasteiger charge is 2.57. The molecule has 0 radical (unpaired) electrons. The number of piperazine rings is 1. The molecule has 6 rings (SSSR count). The van der Waals surface area contributed by atoms with E-state index in [-0.39, 0.29) is 23.7 Å². The average Bonchev–Trinajstić information content (AvgIpc) is 2.68. The molecular weight excluding hydrogens is 342 g/mol. The number of fused-ring (bicyclic) bond motifs is 3. The van der Waals surface area contributed by atoms with Gasteiger partial charge in [-0.25, -0.2) is 0 Å². The first-order chi connectivity index (χ1) is 13.1. The molecule has 2 amide bonds. The number of benzene rings is 1. The SMILES string of the molecule is CN1CCN(C(=O)[C@@H]2C[C@H]3CC[C@H]2C[C@@]32NC(=O)c3ccccc3O2)CC1. The fraction of sp³-hybridized carbons (Fsp3) is 0.619. The van der Waals surface area contributed by atoms with E-state index in [2.05, 4.69) is 17.3 Å². The van der Waals surface area contributed by atoms with Crippen LogP contribution in [0.1, 0.15) is 36.0 Å². The standard InChI is InChI=1S/C21H27N3O3/c1-23-8-10-24(11-9-23)20(26)17-12-15-7-6-14(17)13-21(15)22-19(25)16-4-2-3-5-18(16)27-21/h2-5,14-15,17H,6-13H2,1H3,(H,22,25)/t14-,15+,17+,21-/m0/s1. The average molecular weight is 369 g/mol. The van der Waals surface area contributed by atoms with E-state index in [4.69, 9.17) is 4.74 Å². The number of likely N-dealkylation sites (N-methyl/N-ethyl adjacent to an activating group) is 1. The third-order valence-corrected chi connectivity index (χ3v) is 7.10. The first-order valence-electron chi connectivity index (χ1n) is 10.1. The predicted octanol–water partition coefficient (Wildman–Crippen LogP) is 1.72. The number of carbonyl (C=O) groups is 2. The maximum absolute atomic E-state index is 13.2. The molecule has 1 saturated heterocycles. The highest BCUT2D eigenvalue weighted by Crippen LogP contribution is 2.52. The van der Waals surface area contributed by atoms with Crippen molar-refractivity contribution in [3.05, 3.63) is 29.8 Å². The van der Waals surface area contributed by atoms with Crippen LogP contribution in [0.15, 0.2) is 24.3 Å². The molecule has 2 bridgehead atoms. The van der Waals surface area contributed by atoms with Crippen LogP contribution in [0.3, 0.4) is 0 Å². The molecule has 1 N–H and O–H groups in total. The van der Waals surface area contributed by atoms with Gasteiger partial charge in [-0.2, -0.15) is 0 Å². The molecule has 0 unspecified atom stereocenters. The lowest BCUT2D eigenvalue weighted by Crippen LogP contribution is -2.67. The first-order valence-corrected chi connectivity index (χ1v) is 10.1. The van der Waals surface area contributed by atoms with Crippen LogP contribution < -0.4 is 10.1 Å². The lowest BCUT2D eigenvalue weighted by atomic mass is 9.59. The highest BCUT2D eigenvalue weighted by atomic mass is 16.5. The molecule has 6 heteroatoms. The Balaban J connectivity index is 1.35. The number of ether oxygens (including phenoxy) is 1. The van der Waals surface area contributed by atoms with E-state index in [0.717, 1.165) is 51.9 Å². The molecule has 4 atom stereocenters. The van der Waals surface area contributed by atoms with Crippen LogP contribution in [0.5, 0.6) is 5.75 Å². The van der Waals surface area contributed by atoms with Gasteiger partial charge in [-0.15, -0.1) is 0 Å². The summed E-state index contributed by atoms with van der Waals surface area (Å²) in [6.45, 7) is 3.56. The zero-order valence-electron chi connectivity index (χ0n) is 15.8. The van der Waals surface area contributed by atoms with E-state index in [0.29, 0.717) is 17.2 Å². The number of hydrogen-bond acceptors (Lipinski definition) is 4. The smallest absolute Gasteiger partial charge is 0.258 e. The summed E-state index contributed by atoms with van der Waals surface area (Å²) in [5, 5.41) is 3.17. The summed E-state index contributed by atoms with van der Waals surface area (Å²) < 4.78 is 6.39. The zero-order valence-corrected chi connectivity index (χ0v) is 15.8. The van der Waals surface area contributed by atoms with Crippen molar-refractivity contribution < 1.29 is 14.3 Å². The van der Waals surface area contributed by atoms with Gasteiger partial charge < -0.3 is 19.9 Å². The fourth-order valence-corrected chi connectivity index (χ4v) is 5.52. The number of para-hydroxylation sites is 1. The van der Waals surface area contributed by atoms with Crippen LogP contribution in [-0.2, 0) is 4.79 Å². The van der Waals surface area contributed by atoms with E-state index < -0.39 is 5.72 Å². The Kier molecular flexibility index (Phi) is 3.93. The molecule has 2 heterocycles. The Morgan fingerprint density at radius 1 is 1.19 bits per heavy atom. The lowest BCUT2D eigenvalue weighted by molar-refractivity contribution is -0.156. The normalized spacial score (nSPS) is 35.5. The molecule has 5 aliphatic rings. The maximum atomic E-state index is 13.2. The molecule has 6 nitrogen and oxygen atoms in total. The molecule has 1 aromatic carbocycles. The van der Waals surface area contributed by atoms with Gasteiger partial charge >= 0.3 is 0 Å². The van der Waals surface area contributed by atoms with E-state index in [9.17, 15) is 9.59 Å². The van der Waals surface area contributed by atoms with Crippen LogP contribution in [0.4, 0.5) is 0 Å². The minimum absolute atomic E-state index is 0.0497. The molecule has 27 heavy (non-hydrogen) atoms. The van der Waals surface area contributed by atoms with Gasteiger partial charge in [-0.05, 0) is 44.4 Å². The summed E-state index contributed by atoms with van der Waals surface area (Å²) in [6, 6.07) is 7.45. The van der Waals surface area contributed by atoms with Gasteiger partial charge in [0.15, 0.2) is 5.72 Å². The number of nitrogens with one attached hydrogen (secondary N) is 1. The largest absolute Gasteiger partial charge is 0.467 e. The summed E-state index contributed by atoms with van der Waals surface area (Å²) in [4.78, 5) is 30.1. The molecule has 1 aromatic rings. The summed E-state index contributed by atoms with van der Waals surface area (Å²) in [5.41, 5.74) is -0.0256. The van der Waals surface area contributed by atoms with Crippen molar-refractivity contribution in [3.8, 4) is 5.75 Å². The molecule has 3 saturated carbocycles. The van der Waals surface area contributed by atoms with E-state index in [1.807, 2.05) is 23.1 Å². The second-order valence-electron chi connectivity index (χ2n) is 8.65. The first kappa shape index (κ1) is 17.0. The van der Waals surface area contributed by atoms with Crippen LogP contribution in [0.2, 0.25) is 0 Å². The van der Waals surface area contributed by atoms with Gasteiger partial charge in [-0.3, -0.25) is 9.59 Å². The minimum Gasteiger partial charge on any atom is -0.467 e. The summed E-state index contributed by atoms with van der Waals surface area (Å²) >= 11 is 0. The predicted molar refractivity (Wildman–Crippen MR) is 100 cm³/mol. The topological polar surface area (TPSA) is 61.9 Å². The van der Waals surface area contributed by atoms with Crippen molar-refractivity contribution in [1.82, 2.24) is 15.1 Å². The Bertz CT molecular complexity index is 774. The van der Waals surface area contributed by atoms with Gasteiger partial charge in [0, 0.05) is 44.4 Å². The van der Waals surface area contributed by atoms with E-state index in [1.165, 1.54) is 0 Å². The Morgan fingerprint density at radius 3 is 2.70 bits per heavy atom. The zero-order chi connectivity index (χ0) is 18.6. The van der Waals surface area contributed by atoms with Crippen molar-refractivity contribution in [2.24, 2.45) is 17.8 Å². The molecular formula is C21H27N3O3. The maximum Gasteiger partial charge on any atom is 0.258 e. The van der Waals surface area contributed by atoms with Gasteiger partial charge in [0.05, 0.1) is 5.56 Å². The number of rotatable bonds is 1. The summed E-state index contributed by atoms with van der Waals surface area (Å²) in [5.74, 6) is 1.50. The van der Waals surface area contributed by atoms with Crippen LogP contribution in [0.25, 0.3) is 0 Å². The molecule has 144 valence electrons. The molecule has 2 aliphatic heterocycles. The Morgan fingerprint density at radius 2 is 1.96 bits per heavy atom. The van der Waals surface area contributed by atoms with Crippen molar-refractivity contribution >= 4 is 11.8 Å². The van der Waals surface area contributed by atoms with Crippen LogP contribution in [0, 0.1) is 17.8 Å². The minimum atomic E-state index is -0.632. The second kappa shape index (κ2) is 6.23. The van der Waals surface area contributed by atoms with E-state index >= 15 is 0 Å². The lowest BCUT2D eigenvalue weighted by Gasteiger charge is -2.55. The monoisotopic (exact) mass is 369 g/mol. The van der Waals surface area contributed by atoms with Crippen molar-refractivity contribution in [2.45, 2.75) is 31.4 Å². The van der Waals surface area contributed by atoms with E-state index in [1.54, 1.807) is 6.07 Å². The number of nitrogens with zero attached hydrogens (tertiary/aromatic N) is 2. The number of hydrogen-bond donors (Lipinski definition) is 1. The molecule has 1 spiro atoms. The van der Waals surface area contributed by atoms with Crippen LogP contribution >= 0.6 is 0 Å². The fourth-order valence-electron chi connectivity index (χ4n) is 5.52. The molecule has 3 aliphatic carbocycles. The van der Waals surface area contributed by atoms with Gasteiger partial charge in [0.2, 0.25) is 5.91 Å². The quantitative estimate of drug-likeness (QED) is 0.819. The summed E-state index contributed by atoms with van der Waals surface area (Å²) in [6.07, 6.45) is 3.62. The Labute approximate surface area is 159 Å². The van der Waals surface area contributed by atoms with Gasteiger partial charge in [-0.1, -0.05) is 12.1 Å². The third-order valence-electron chi connectivity index (χ3n) is 7.10. The van der Waals surface area contributed by atoms with Gasteiger partial charge in [0.1, 0.15) is 5.75 Å². The number of carbonyl (C=O) groups excluding carboxylic acids is 2. The molecule has 4 fully saturated rings. The Hall–Kier alpha value is -2.08. The summed E-state index contributed by atoms with van der Waals surface area (Å²) in [7, 11) is 2.11. The second-order valence-corrected chi connectivity index (χ2v) is 8.65. The van der Waals surface area contributed by atoms with Gasteiger partial charge in [0.25, 0.3) is 5.91 Å². The van der Waals surface area contributed by atoms with Crippen LogP contribution in [-0.4, -0.2) is 60.6 Å². The molecule has 0 aromatic heterocycles. The number of amides is 2. The van der Waals surface area contributed by atoms with Crippen molar-refractivity contribution in [1.29, 1.82) is 0 Å². The third kappa shape index (κ3) is 2.73.